The van der Waals surface area contributed by atoms with Crippen LogP contribution in [0.2, 0.25) is 5.02 Å². The predicted octanol–water partition coefficient (Wildman–Crippen LogP) is 4.19. The summed E-state index contributed by atoms with van der Waals surface area (Å²) in [4.78, 5) is 28.8. The second-order valence-corrected chi connectivity index (χ2v) is 8.78. The number of halogens is 1. The Morgan fingerprint density at radius 1 is 0.886 bits per heavy atom. The van der Waals surface area contributed by atoms with E-state index in [9.17, 15) is 9.59 Å². The van der Waals surface area contributed by atoms with Gasteiger partial charge in [0.1, 0.15) is 5.75 Å². The van der Waals surface area contributed by atoms with E-state index < -0.39 is 0 Å². The molecule has 0 spiro atoms. The molecule has 2 amide bonds. The molecule has 0 radical (unpaired) electrons. The predicted molar refractivity (Wildman–Crippen MR) is 142 cm³/mol. The topological polar surface area (TPSA) is 73.9 Å². The van der Waals surface area contributed by atoms with E-state index >= 15 is 0 Å². The van der Waals surface area contributed by atoms with Crippen LogP contribution in [-0.2, 0) is 4.79 Å². The summed E-state index contributed by atoms with van der Waals surface area (Å²) in [6, 6.07) is 23.9. The monoisotopic (exact) mass is 508 g/mol. The summed E-state index contributed by atoms with van der Waals surface area (Å²) in [5.74, 6) is 0.298. The van der Waals surface area contributed by atoms with E-state index in [0.29, 0.717) is 29.4 Å². The molecule has 0 bridgehead atoms. The zero-order chi connectivity index (χ0) is 24.6. The van der Waals surface area contributed by atoms with E-state index in [2.05, 4.69) is 15.5 Å². The van der Waals surface area contributed by atoms with Gasteiger partial charge in [-0.1, -0.05) is 29.8 Å². The molecule has 35 heavy (non-hydrogen) atoms. The van der Waals surface area contributed by atoms with Crippen molar-refractivity contribution in [2.24, 2.45) is 0 Å². The van der Waals surface area contributed by atoms with Gasteiger partial charge in [-0.3, -0.25) is 14.9 Å². The van der Waals surface area contributed by atoms with E-state index in [4.69, 9.17) is 28.6 Å². The highest BCUT2D eigenvalue weighted by Gasteiger charge is 2.22. The van der Waals surface area contributed by atoms with Crippen LogP contribution in [0, 0.1) is 0 Å². The second kappa shape index (κ2) is 11.7. The molecule has 1 aliphatic heterocycles. The lowest BCUT2D eigenvalue weighted by molar-refractivity contribution is -0.121. The van der Waals surface area contributed by atoms with Crippen LogP contribution in [0.25, 0.3) is 0 Å². The van der Waals surface area contributed by atoms with Crippen molar-refractivity contribution in [2.75, 3.05) is 43.0 Å². The van der Waals surface area contributed by atoms with Gasteiger partial charge >= 0.3 is 0 Å². The van der Waals surface area contributed by atoms with E-state index in [-0.39, 0.29) is 23.5 Å². The molecule has 0 atom stereocenters. The minimum absolute atomic E-state index is 0.0191. The number of nitrogens with zero attached hydrogens (tertiary/aromatic N) is 2. The second-order valence-electron chi connectivity index (χ2n) is 7.94. The fraction of sp³-hybridized carbons (Fsp3) is 0.192. The lowest BCUT2D eigenvalue weighted by atomic mass is 10.1. The highest BCUT2D eigenvalue weighted by molar-refractivity contribution is 7.80. The molecule has 1 heterocycles. The molecule has 3 aromatic rings. The molecular weight excluding hydrogens is 484 g/mol. The summed E-state index contributed by atoms with van der Waals surface area (Å²) < 4.78 is 5.42. The first kappa shape index (κ1) is 24.5. The van der Waals surface area contributed by atoms with Crippen LogP contribution in [0.1, 0.15) is 10.4 Å². The summed E-state index contributed by atoms with van der Waals surface area (Å²) in [5.41, 5.74) is 2.47. The fourth-order valence-electron chi connectivity index (χ4n) is 3.69. The standard InChI is InChI=1S/C26H25ClN4O3S/c27-20-8-6-19(7-9-20)25(33)31-16-14-30(15-17-31)22-12-10-21(11-13-22)28-26(35)29-24(32)18-34-23-4-2-1-3-5-23/h1-13H,14-18H2,(H2,28,29,32,35). The Balaban J connectivity index is 1.22. The van der Waals surface area contributed by atoms with Crippen molar-refractivity contribution >= 4 is 52.1 Å². The maximum atomic E-state index is 12.7. The van der Waals surface area contributed by atoms with Gasteiger partial charge in [-0.2, -0.15) is 0 Å². The lowest BCUT2D eigenvalue weighted by Crippen LogP contribution is -2.48. The Morgan fingerprint density at radius 2 is 1.54 bits per heavy atom. The summed E-state index contributed by atoms with van der Waals surface area (Å²) in [6.07, 6.45) is 0. The molecule has 3 aromatic carbocycles. The molecule has 0 saturated carbocycles. The van der Waals surface area contributed by atoms with Crippen molar-refractivity contribution in [1.29, 1.82) is 0 Å². The Kier molecular flexibility index (Phi) is 8.18. The number of anilines is 2. The smallest absolute Gasteiger partial charge is 0.264 e. The quantitative estimate of drug-likeness (QED) is 0.486. The zero-order valence-corrected chi connectivity index (χ0v) is 20.5. The normalized spacial score (nSPS) is 13.2. The van der Waals surface area contributed by atoms with E-state index in [0.717, 1.165) is 24.5 Å². The number of carbonyl (C=O) groups excluding carboxylic acids is 2. The van der Waals surface area contributed by atoms with Crippen LogP contribution in [0.3, 0.4) is 0 Å². The number of hydrogen-bond donors (Lipinski definition) is 2. The maximum Gasteiger partial charge on any atom is 0.264 e. The van der Waals surface area contributed by atoms with Crippen LogP contribution >= 0.6 is 23.8 Å². The fourth-order valence-corrected chi connectivity index (χ4v) is 4.05. The third kappa shape index (κ3) is 6.94. The SMILES string of the molecule is O=C(COc1ccccc1)NC(=S)Nc1ccc(N2CCN(C(=O)c3ccc(Cl)cc3)CC2)cc1. The van der Waals surface area contributed by atoms with Crippen molar-refractivity contribution in [1.82, 2.24) is 10.2 Å². The van der Waals surface area contributed by atoms with Crippen LogP contribution in [0.5, 0.6) is 5.75 Å². The average Bonchev–Trinajstić information content (AvgIpc) is 2.89. The molecule has 180 valence electrons. The molecule has 1 fully saturated rings. The highest BCUT2D eigenvalue weighted by atomic mass is 35.5. The summed E-state index contributed by atoms with van der Waals surface area (Å²) in [7, 11) is 0. The van der Waals surface area contributed by atoms with Crippen LogP contribution in [0.4, 0.5) is 11.4 Å². The number of carbonyl (C=O) groups is 2. The molecule has 7 nitrogen and oxygen atoms in total. The number of piperazine rings is 1. The Bertz CT molecular complexity index is 1170. The van der Waals surface area contributed by atoms with Gasteiger partial charge in [-0.15, -0.1) is 0 Å². The minimum Gasteiger partial charge on any atom is -0.484 e. The largest absolute Gasteiger partial charge is 0.484 e. The number of rotatable bonds is 6. The first-order valence-electron chi connectivity index (χ1n) is 11.2. The Morgan fingerprint density at radius 3 is 2.20 bits per heavy atom. The molecular formula is C26H25ClN4O3S. The molecule has 1 aliphatic rings. The average molecular weight is 509 g/mol. The van der Waals surface area contributed by atoms with Crippen molar-refractivity contribution < 1.29 is 14.3 Å². The van der Waals surface area contributed by atoms with Gasteiger partial charge < -0.3 is 19.9 Å². The van der Waals surface area contributed by atoms with Crippen molar-refractivity contribution in [2.45, 2.75) is 0 Å². The van der Waals surface area contributed by atoms with Gasteiger partial charge in [0.15, 0.2) is 11.7 Å². The number of amides is 2. The summed E-state index contributed by atoms with van der Waals surface area (Å²) in [6.45, 7) is 2.63. The van der Waals surface area contributed by atoms with Crippen LogP contribution in [0.15, 0.2) is 78.9 Å². The zero-order valence-electron chi connectivity index (χ0n) is 18.9. The molecule has 9 heteroatoms. The molecule has 4 rings (SSSR count). The number of nitrogens with one attached hydrogen (secondary N) is 2. The molecule has 0 aromatic heterocycles. The highest BCUT2D eigenvalue weighted by Crippen LogP contribution is 2.21. The van der Waals surface area contributed by atoms with E-state index in [1.165, 1.54) is 0 Å². The summed E-state index contributed by atoms with van der Waals surface area (Å²) >= 11 is 11.1. The van der Waals surface area contributed by atoms with Crippen molar-refractivity contribution in [3.05, 3.63) is 89.4 Å². The summed E-state index contributed by atoms with van der Waals surface area (Å²) in [5, 5.41) is 6.44. The van der Waals surface area contributed by atoms with Crippen molar-refractivity contribution in [3.8, 4) is 5.75 Å². The molecule has 2 N–H and O–H groups in total. The molecule has 0 unspecified atom stereocenters. The van der Waals surface area contributed by atoms with Gasteiger partial charge in [0.2, 0.25) is 0 Å². The van der Waals surface area contributed by atoms with E-state index in [1.807, 2.05) is 47.4 Å². The van der Waals surface area contributed by atoms with Crippen molar-refractivity contribution in [3.63, 3.8) is 0 Å². The van der Waals surface area contributed by atoms with Gasteiger partial charge in [0.05, 0.1) is 0 Å². The molecule has 0 aliphatic carbocycles. The first-order chi connectivity index (χ1) is 17.0. The Labute approximate surface area is 214 Å². The third-order valence-corrected chi connectivity index (χ3v) is 5.97. The lowest BCUT2D eigenvalue weighted by Gasteiger charge is -2.36. The Hall–Kier alpha value is -3.62. The number of thiocarbonyl (C=S) groups is 1. The minimum atomic E-state index is -0.339. The maximum absolute atomic E-state index is 12.7. The third-order valence-electron chi connectivity index (χ3n) is 5.51. The van der Waals surface area contributed by atoms with Gasteiger partial charge in [0, 0.05) is 48.1 Å². The van der Waals surface area contributed by atoms with E-state index in [1.54, 1.807) is 36.4 Å². The van der Waals surface area contributed by atoms with Gasteiger partial charge in [0.25, 0.3) is 11.8 Å². The number of benzene rings is 3. The van der Waals surface area contributed by atoms with Gasteiger partial charge in [-0.05, 0) is 72.9 Å². The number of hydrogen-bond acceptors (Lipinski definition) is 5. The van der Waals surface area contributed by atoms with Crippen LogP contribution in [-0.4, -0.2) is 54.6 Å². The first-order valence-corrected chi connectivity index (χ1v) is 11.9. The molecule has 1 saturated heterocycles. The number of para-hydroxylation sites is 1. The number of ether oxygens (including phenoxy) is 1. The van der Waals surface area contributed by atoms with Crippen LogP contribution < -0.4 is 20.3 Å². The van der Waals surface area contributed by atoms with Gasteiger partial charge in [-0.25, -0.2) is 0 Å².